The number of nitrogens with one attached hydrogen (secondary N) is 1. The zero-order valence-corrected chi connectivity index (χ0v) is 15.4. The number of para-hydroxylation sites is 1. The van der Waals surface area contributed by atoms with E-state index in [1.165, 1.54) is 0 Å². The Morgan fingerprint density at radius 3 is 2.65 bits per heavy atom. The second kappa shape index (κ2) is 10.1. The minimum absolute atomic E-state index is 0.0494. The number of methoxy groups -OCH3 is 1. The summed E-state index contributed by atoms with van der Waals surface area (Å²) in [6, 6.07) is 15.7. The summed E-state index contributed by atoms with van der Waals surface area (Å²) in [6.07, 6.45) is 2.58. The Morgan fingerprint density at radius 2 is 1.96 bits per heavy atom. The van der Waals surface area contributed by atoms with E-state index in [9.17, 15) is 4.79 Å². The van der Waals surface area contributed by atoms with Crippen molar-refractivity contribution in [1.82, 2.24) is 5.32 Å². The molecule has 2 aromatic carbocycles. The quantitative estimate of drug-likeness (QED) is 0.666. The molecule has 0 heterocycles. The van der Waals surface area contributed by atoms with E-state index in [0.717, 1.165) is 24.2 Å². The SMILES string of the molecule is C=CCc1ccc(OCC(=O)NCCN(C)c2ccccc2)c(OC)c1. The molecule has 0 unspecified atom stereocenters. The molecule has 0 aromatic heterocycles. The maximum atomic E-state index is 12.0. The Labute approximate surface area is 155 Å². The van der Waals surface area contributed by atoms with Gasteiger partial charge in [0.2, 0.25) is 0 Å². The number of ether oxygens (including phenoxy) is 2. The molecule has 0 fully saturated rings. The first-order valence-corrected chi connectivity index (χ1v) is 8.57. The zero-order chi connectivity index (χ0) is 18.8. The van der Waals surface area contributed by atoms with Crippen LogP contribution in [0.3, 0.4) is 0 Å². The predicted molar refractivity (Wildman–Crippen MR) is 105 cm³/mol. The lowest BCUT2D eigenvalue weighted by Crippen LogP contribution is -2.35. The van der Waals surface area contributed by atoms with E-state index >= 15 is 0 Å². The summed E-state index contributed by atoms with van der Waals surface area (Å²) in [5.41, 5.74) is 2.19. The Bertz CT molecular complexity index is 716. The van der Waals surface area contributed by atoms with Crippen molar-refractivity contribution in [3.05, 3.63) is 66.7 Å². The molecule has 0 aliphatic heterocycles. The van der Waals surface area contributed by atoms with Gasteiger partial charge in [-0.05, 0) is 36.2 Å². The molecule has 0 radical (unpaired) electrons. The molecule has 0 aliphatic carbocycles. The van der Waals surface area contributed by atoms with E-state index < -0.39 is 0 Å². The minimum atomic E-state index is -0.163. The highest BCUT2D eigenvalue weighted by atomic mass is 16.5. The molecular formula is C21H26N2O3. The first-order chi connectivity index (χ1) is 12.6. The number of anilines is 1. The second-order valence-electron chi connectivity index (χ2n) is 5.87. The van der Waals surface area contributed by atoms with E-state index in [1.54, 1.807) is 7.11 Å². The van der Waals surface area contributed by atoms with Crippen LogP contribution in [0.1, 0.15) is 5.56 Å². The van der Waals surface area contributed by atoms with Gasteiger partial charge in [-0.15, -0.1) is 6.58 Å². The van der Waals surface area contributed by atoms with Crippen LogP contribution in [0.25, 0.3) is 0 Å². The summed E-state index contributed by atoms with van der Waals surface area (Å²) in [6.45, 7) is 4.94. The number of likely N-dealkylation sites (N-methyl/N-ethyl adjacent to an activating group) is 1. The number of hydrogen-bond donors (Lipinski definition) is 1. The van der Waals surface area contributed by atoms with Gasteiger partial charge in [0.05, 0.1) is 7.11 Å². The number of carbonyl (C=O) groups is 1. The van der Waals surface area contributed by atoms with Crippen molar-refractivity contribution in [2.75, 3.05) is 38.8 Å². The van der Waals surface area contributed by atoms with Crippen LogP contribution in [-0.4, -0.2) is 39.8 Å². The molecule has 0 saturated carbocycles. The van der Waals surface area contributed by atoms with Gasteiger partial charge < -0.3 is 19.7 Å². The third-order valence-electron chi connectivity index (χ3n) is 3.93. The minimum Gasteiger partial charge on any atom is -0.493 e. The fourth-order valence-corrected chi connectivity index (χ4v) is 2.49. The van der Waals surface area contributed by atoms with Gasteiger partial charge in [-0.2, -0.15) is 0 Å². The van der Waals surface area contributed by atoms with Crippen LogP contribution in [0, 0.1) is 0 Å². The molecule has 0 aliphatic rings. The smallest absolute Gasteiger partial charge is 0.258 e. The molecule has 5 heteroatoms. The summed E-state index contributed by atoms with van der Waals surface area (Å²) < 4.78 is 10.9. The highest BCUT2D eigenvalue weighted by molar-refractivity contribution is 5.77. The van der Waals surface area contributed by atoms with Crippen LogP contribution in [0.15, 0.2) is 61.2 Å². The molecule has 0 atom stereocenters. The van der Waals surface area contributed by atoms with E-state index in [2.05, 4.69) is 16.8 Å². The molecule has 5 nitrogen and oxygen atoms in total. The molecule has 138 valence electrons. The standard InChI is InChI=1S/C21H26N2O3/c1-4-8-17-11-12-19(20(15-17)25-3)26-16-21(24)22-13-14-23(2)18-9-6-5-7-10-18/h4-7,9-12,15H,1,8,13-14,16H2,2-3H3,(H,22,24). The first-order valence-electron chi connectivity index (χ1n) is 8.57. The highest BCUT2D eigenvalue weighted by Crippen LogP contribution is 2.28. The van der Waals surface area contributed by atoms with Crippen LogP contribution < -0.4 is 19.7 Å². The van der Waals surface area contributed by atoms with E-state index in [-0.39, 0.29) is 12.5 Å². The highest BCUT2D eigenvalue weighted by Gasteiger charge is 2.09. The van der Waals surface area contributed by atoms with Crippen molar-refractivity contribution in [2.45, 2.75) is 6.42 Å². The lowest BCUT2D eigenvalue weighted by Gasteiger charge is -2.19. The average Bonchev–Trinajstić information content (AvgIpc) is 2.67. The molecule has 0 saturated heterocycles. The number of nitrogens with zero attached hydrogens (tertiary/aromatic N) is 1. The van der Waals surface area contributed by atoms with Crippen LogP contribution in [0.5, 0.6) is 11.5 Å². The maximum absolute atomic E-state index is 12.0. The number of hydrogen-bond acceptors (Lipinski definition) is 4. The van der Waals surface area contributed by atoms with Crippen LogP contribution in [0.2, 0.25) is 0 Å². The van der Waals surface area contributed by atoms with Gasteiger partial charge in [-0.1, -0.05) is 30.3 Å². The number of rotatable bonds is 10. The fourth-order valence-electron chi connectivity index (χ4n) is 2.49. The van der Waals surface area contributed by atoms with Gasteiger partial charge in [0.25, 0.3) is 5.91 Å². The van der Waals surface area contributed by atoms with Gasteiger partial charge in [-0.3, -0.25) is 4.79 Å². The second-order valence-corrected chi connectivity index (χ2v) is 5.87. The van der Waals surface area contributed by atoms with Crippen LogP contribution >= 0.6 is 0 Å². The Balaban J connectivity index is 1.77. The zero-order valence-electron chi connectivity index (χ0n) is 15.4. The maximum Gasteiger partial charge on any atom is 0.258 e. The van der Waals surface area contributed by atoms with Crippen molar-refractivity contribution < 1.29 is 14.3 Å². The van der Waals surface area contributed by atoms with Gasteiger partial charge in [0, 0.05) is 25.8 Å². The largest absolute Gasteiger partial charge is 0.493 e. The monoisotopic (exact) mass is 354 g/mol. The van der Waals surface area contributed by atoms with E-state index in [1.807, 2.05) is 61.7 Å². The van der Waals surface area contributed by atoms with Crippen molar-refractivity contribution >= 4 is 11.6 Å². The Kier molecular flexibility index (Phi) is 7.55. The predicted octanol–water partition coefficient (Wildman–Crippen LogP) is 3.06. The number of benzene rings is 2. The molecule has 2 rings (SSSR count). The average molecular weight is 354 g/mol. The van der Waals surface area contributed by atoms with Crippen molar-refractivity contribution in [3.8, 4) is 11.5 Å². The van der Waals surface area contributed by atoms with Crippen molar-refractivity contribution in [3.63, 3.8) is 0 Å². The molecule has 2 aromatic rings. The topological polar surface area (TPSA) is 50.8 Å². The number of allylic oxidation sites excluding steroid dienone is 1. The Morgan fingerprint density at radius 1 is 1.19 bits per heavy atom. The summed E-state index contributed by atoms with van der Waals surface area (Å²) in [5.74, 6) is 1.00. The van der Waals surface area contributed by atoms with E-state index in [4.69, 9.17) is 9.47 Å². The molecule has 26 heavy (non-hydrogen) atoms. The lowest BCUT2D eigenvalue weighted by atomic mass is 10.1. The molecule has 1 N–H and O–H groups in total. The van der Waals surface area contributed by atoms with Crippen molar-refractivity contribution in [1.29, 1.82) is 0 Å². The number of amides is 1. The third-order valence-corrected chi connectivity index (χ3v) is 3.93. The van der Waals surface area contributed by atoms with E-state index in [0.29, 0.717) is 18.0 Å². The summed E-state index contributed by atoms with van der Waals surface area (Å²) in [7, 11) is 3.58. The number of carbonyl (C=O) groups excluding carboxylic acids is 1. The van der Waals surface area contributed by atoms with Crippen LogP contribution in [0.4, 0.5) is 5.69 Å². The van der Waals surface area contributed by atoms with Gasteiger partial charge >= 0.3 is 0 Å². The van der Waals surface area contributed by atoms with Gasteiger partial charge in [-0.25, -0.2) is 0 Å². The Hall–Kier alpha value is -2.95. The van der Waals surface area contributed by atoms with Crippen molar-refractivity contribution in [2.24, 2.45) is 0 Å². The van der Waals surface area contributed by atoms with Gasteiger partial charge in [0.1, 0.15) is 0 Å². The summed E-state index contributed by atoms with van der Waals surface area (Å²) >= 11 is 0. The summed E-state index contributed by atoms with van der Waals surface area (Å²) in [4.78, 5) is 14.1. The molecule has 0 bridgehead atoms. The molecule has 0 spiro atoms. The fraction of sp³-hybridized carbons (Fsp3) is 0.286. The first kappa shape index (κ1) is 19.4. The summed E-state index contributed by atoms with van der Waals surface area (Å²) in [5, 5.41) is 2.86. The molecule has 1 amide bonds. The normalized spacial score (nSPS) is 10.1. The molecular weight excluding hydrogens is 328 g/mol. The third kappa shape index (κ3) is 5.84. The van der Waals surface area contributed by atoms with Crippen LogP contribution in [-0.2, 0) is 11.2 Å². The lowest BCUT2D eigenvalue weighted by molar-refractivity contribution is -0.123. The van der Waals surface area contributed by atoms with Gasteiger partial charge in [0.15, 0.2) is 18.1 Å².